The highest BCUT2D eigenvalue weighted by molar-refractivity contribution is 7.88. The number of carbonyl (C=O) groups excluding carboxylic acids is 1. The largest absolute Gasteiger partial charge is 0.477 e. The molecule has 0 saturated carbocycles. The van der Waals surface area contributed by atoms with Crippen molar-refractivity contribution in [3.8, 4) is 0 Å². The van der Waals surface area contributed by atoms with E-state index in [4.69, 9.17) is 5.11 Å². The summed E-state index contributed by atoms with van der Waals surface area (Å²) in [5, 5.41) is 11.5. The van der Waals surface area contributed by atoms with Crippen LogP contribution >= 0.6 is 0 Å². The number of H-pyrrole nitrogens is 1. The normalized spacial score (nSPS) is 19.8. The van der Waals surface area contributed by atoms with E-state index in [1.807, 2.05) is 0 Å². The maximum atomic E-state index is 12.0. The van der Waals surface area contributed by atoms with Gasteiger partial charge in [0, 0.05) is 19.6 Å². The molecule has 0 aliphatic carbocycles. The van der Waals surface area contributed by atoms with Crippen LogP contribution in [0.15, 0.2) is 6.33 Å². The van der Waals surface area contributed by atoms with Gasteiger partial charge < -0.3 is 15.4 Å². The number of piperidine rings is 1. The third-order valence-electron chi connectivity index (χ3n) is 3.57. The SMILES string of the molecule is CS(=O)(=O)N1CCC[C@@H](CNC(=O)c2nc[nH]c2C(=O)O)C1. The quantitative estimate of drug-likeness (QED) is 0.667. The molecule has 122 valence electrons. The fourth-order valence-electron chi connectivity index (χ4n) is 2.44. The second kappa shape index (κ2) is 6.44. The molecule has 1 aliphatic rings. The molecule has 0 spiro atoms. The summed E-state index contributed by atoms with van der Waals surface area (Å²) in [5.41, 5.74) is -0.442. The van der Waals surface area contributed by atoms with Crippen molar-refractivity contribution in [2.24, 2.45) is 5.92 Å². The number of carbonyl (C=O) groups is 2. The summed E-state index contributed by atoms with van der Waals surface area (Å²) in [4.78, 5) is 29.0. The highest BCUT2D eigenvalue weighted by atomic mass is 32.2. The molecule has 1 amide bonds. The first-order valence-electron chi connectivity index (χ1n) is 6.79. The lowest BCUT2D eigenvalue weighted by molar-refractivity contribution is 0.0684. The predicted octanol–water partition coefficient (Wildman–Crippen LogP) is -0.491. The van der Waals surface area contributed by atoms with Crippen LogP contribution < -0.4 is 5.32 Å². The number of nitrogens with one attached hydrogen (secondary N) is 2. The van der Waals surface area contributed by atoms with Crippen molar-refractivity contribution in [1.82, 2.24) is 19.6 Å². The van der Waals surface area contributed by atoms with Crippen LogP contribution in [0.4, 0.5) is 0 Å². The molecular formula is C12H18N4O5S. The zero-order valence-corrected chi connectivity index (χ0v) is 12.9. The number of aromatic nitrogens is 2. The number of carboxylic acid groups (broad SMARTS) is 1. The molecule has 0 bridgehead atoms. The van der Waals surface area contributed by atoms with Gasteiger partial charge in [0.05, 0.1) is 12.6 Å². The number of nitrogens with zero attached hydrogens (tertiary/aromatic N) is 2. The highest BCUT2D eigenvalue weighted by Gasteiger charge is 2.27. The number of aromatic amines is 1. The summed E-state index contributed by atoms with van der Waals surface area (Å²) in [6.07, 6.45) is 3.84. The summed E-state index contributed by atoms with van der Waals surface area (Å²) < 4.78 is 24.5. The molecule has 0 unspecified atom stereocenters. The van der Waals surface area contributed by atoms with Gasteiger partial charge in [-0.2, -0.15) is 0 Å². The van der Waals surface area contributed by atoms with Crippen LogP contribution in [0.5, 0.6) is 0 Å². The van der Waals surface area contributed by atoms with Gasteiger partial charge in [-0.25, -0.2) is 22.5 Å². The van der Waals surface area contributed by atoms with E-state index in [1.54, 1.807) is 0 Å². The summed E-state index contributed by atoms with van der Waals surface area (Å²) in [5.74, 6) is -1.85. The standard InChI is InChI=1S/C12H18N4O5S/c1-22(20,21)16-4-2-3-8(6-16)5-13-11(17)9-10(12(18)19)15-7-14-9/h7-8H,2-6H2,1H3,(H,13,17)(H,14,15)(H,18,19)/t8-/m0/s1. The Morgan fingerprint density at radius 1 is 1.55 bits per heavy atom. The van der Waals surface area contributed by atoms with E-state index in [2.05, 4.69) is 15.3 Å². The smallest absolute Gasteiger partial charge is 0.354 e. The average molecular weight is 330 g/mol. The maximum absolute atomic E-state index is 12.0. The van der Waals surface area contributed by atoms with Crippen molar-refractivity contribution in [3.63, 3.8) is 0 Å². The zero-order chi connectivity index (χ0) is 16.3. The van der Waals surface area contributed by atoms with E-state index in [9.17, 15) is 18.0 Å². The number of hydrogen-bond acceptors (Lipinski definition) is 5. The number of amides is 1. The van der Waals surface area contributed by atoms with Crippen molar-refractivity contribution < 1.29 is 23.1 Å². The molecule has 2 rings (SSSR count). The molecule has 1 fully saturated rings. The zero-order valence-electron chi connectivity index (χ0n) is 12.1. The first kappa shape index (κ1) is 16.4. The molecule has 0 aromatic carbocycles. The van der Waals surface area contributed by atoms with E-state index in [0.29, 0.717) is 13.1 Å². The van der Waals surface area contributed by atoms with E-state index in [1.165, 1.54) is 4.31 Å². The number of rotatable bonds is 5. The van der Waals surface area contributed by atoms with Gasteiger partial charge in [0.2, 0.25) is 10.0 Å². The van der Waals surface area contributed by atoms with Crippen molar-refractivity contribution in [3.05, 3.63) is 17.7 Å². The Morgan fingerprint density at radius 3 is 2.91 bits per heavy atom. The summed E-state index contributed by atoms with van der Waals surface area (Å²) >= 11 is 0. The van der Waals surface area contributed by atoms with E-state index in [0.717, 1.165) is 25.4 Å². The number of carboxylic acids is 1. The molecule has 0 radical (unpaired) electrons. The first-order valence-corrected chi connectivity index (χ1v) is 8.64. The lowest BCUT2D eigenvalue weighted by Crippen LogP contribution is -2.43. The molecule has 1 aromatic heterocycles. The van der Waals surface area contributed by atoms with Crippen molar-refractivity contribution in [2.45, 2.75) is 12.8 Å². The Labute approximate surface area is 127 Å². The topological polar surface area (TPSA) is 132 Å². The average Bonchev–Trinajstić information content (AvgIpc) is 2.94. The number of hydrogen-bond donors (Lipinski definition) is 3. The lowest BCUT2D eigenvalue weighted by atomic mass is 10.00. The van der Waals surface area contributed by atoms with Gasteiger partial charge in [0.15, 0.2) is 11.4 Å². The predicted molar refractivity (Wildman–Crippen MR) is 77.0 cm³/mol. The van der Waals surface area contributed by atoms with Gasteiger partial charge in [-0.1, -0.05) is 0 Å². The van der Waals surface area contributed by atoms with Gasteiger partial charge >= 0.3 is 5.97 Å². The number of sulfonamides is 1. The molecule has 1 aliphatic heterocycles. The van der Waals surface area contributed by atoms with E-state index < -0.39 is 21.9 Å². The second-order valence-corrected chi connectivity index (χ2v) is 7.25. The third-order valence-corrected chi connectivity index (χ3v) is 4.84. The van der Waals surface area contributed by atoms with Crippen LogP contribution in [0, 0.1) is 5.92 Å². The Balaban J connectivity index is 1.94. The van der Waals surface area contributed by atoms with Crippen molar-refractivity contribution >= 4 is 21.9 Å². The van der Waals surface area contributed by atoms with Gasteiger partial charge in [0.1, 0.15) is 0 Å². The second-order valence-electron chi connectivity index (χ2n) is 5.27. The van der Waals surface area contributed by atoms with Crippen LogP contribution in [-0.4, -0.2) is 65.6 Å². The molecule has 1 saturated heterocycles. The molecule has 3 N–H and O–H groups in total. The highest BCUT2D eigenvalue weighted by Crippen LogP contribution is 2.18. The minimum atomic E-state index is -3.23. The van der Waals surface area contributed by atoms with Crippen molar-refractivity contribution in [1.29, 1.82) is 0 Å². The molecule has 1 aromatic rings. The molecule has 22 heavy (non-hydrogen) atoms. The lowest BCUT2D eigenvalue weighted by Gasteiger charge is -2.30. The van der Waals surface area contributed by atoms with Crippen LogP contribution in [-0.2, 0) is 10.0 Å². The Kier molecular flexibility index (Phi) is 4.81. The van der Waals surface area contributed by atoms with Crippen LogP contribution in [0.2, 0.25) is 0 Å². The van der Waals surface area contributed by atoms with Gasteiger partial charge in [-0.15, -0.1) is 0 Å². The monoisotopic (exact) mass is 330 g/mol. The number of imidazole rings is 1. The fourth-order valence-corrected chi connectivity index (χ4v) is 3.39. The van der Waals surface area contributed by atoms with Gasteiger partial charge in [0.25, 0.3) is 5.91 Å². The Morgan fingerprint density at radius 2 is 2.27 bits per heavy atom. The van der Waals surface area contributed by atoms with Gasteiger partial charge in [-0.05, 0) is 18.8 Å². The minimum absolute atomic E-state index is 0.000329. The van der Waals surface area contributed by atoms with Crippen LogP contribution in [0.3, 0.4) is 0 Å². The molecular weight excluding hydrogens is 312 g/mol. The van der Waals surface area contributed by atoms with Crippen LogP contribution in [0.25, 0.3) is 0 Å². The molecule has 2 heterocycles. The molecule has 9 nitrogen and oxygen atoms in total. The fraction of sp³-hybridized carbons (Fsp3) is 0.583. The molecule has 10 heteroatoms. The van der Waals surface area contributed by atoms with Gasteiger partial charge in [-0.3, -0.25) is 4.79 Å². The Hall–Kier alpha value is -1.94. The summed E-state index contributed by atoms with van der Waals surface area (Å²) in [6.45, 7) is 1.12. The maximum Gasteiger partial charge on any atom is 0.354 e. The Bertz CT molecular complexity index is 669. The summed E-state index contributed by atoms with van der Waals surface area (Å²) in [7, 11) is -3.23. The molecule has 1 atom stereocenters. The number of aromatic carboxylic acids is 1. The first-order chi connectivity index (χ1) is 10.3. The van der Waals surface area contributed by atoms with E-state index in [-0.39, 0.29) is 23.9 Å². The van der Waals surface area contributed by atoms with Crippen LogP contribution in [0.1, 0.15) is 33.8 Å². The third kappa shape index (κ3) is 3.83. The minimum Gasteiger partial charge on any atom is -0.477 e. The summed E-state index contributed by atoms with van der Waals surface area (Å²) in [6, 6.07) is 0. The van der Waals surface area contributed by atoms with E-state index >= 15 is 0 Å². The van der Waals surface area contributed by atoms with Crippen molar-refractivity contribution in [2.75, 3.05) is 25.9 Å².